The van der Waals surface area contributed by atoms with Crippen LogP contribution in [0.3, 0.4) is 0 Å². The highest BCUT2D eigenvalue weighted by Crippen LogP contribution is 2.40. The molecule has 0 spiro atoms. The molecule has 2 aromatic rings. The van der Waals surface area contributed by atoms with Gasteiger partial charge in [-0.15, -0.1) is 10.2 Å². The predicted octanol–water partition coefficient (Wildman–Crippen LogP) is 3.51. The second-order valence-electron chi connectivity index (χ2n) is 6.14. The van der Waals surface area contributed by atoms with Crippen LogP contribution in [0.15, 0.2) is 24.3 Å². The molecule has 8 nitrogen and oxygen atoms in total. The lowest BCUT2D eigenvalue weighted by Gasteiger charge is -2.20. The van der Waals surface area contributed by atoms with E-state index in [1.54, 1.807) is 50.5 Å². The Morgan fingerprint density at radius 2 is 1.57 bits per heavy atom. The topological polar surface area (TPSA) is 85.8 Å². The zero-order valence-electron chi connectivity index (χ0n) is 17.1. The third kappa shape index (κ3) is 5.03. The van der Waals surface area contributed by atoms with Crippen LogP contribution in [0.5, 0.6) is 17.2 Å². The van der Waals surface area contributed by atoms with Gasteiger partial charge in [0.1, 0.15) is 0 Å². The van der Waals surface area contributed by atoms with Crippen LogP contribution in [-0.4, -0.2) is 55.4 Å². The fourth-order valence-corrected chi connectivity index (χ4v) is 2.83. The number of amides is 1. The molecule has 1 aromatic carbocycles. The van der Waals surface area contributed by atoms with Crippen molar-refractivity contribution in [2.24, 2.45) is 0 Å². The first-order valence-electron chi connectivity index (χ1n) is 9.27. The van der Waals surface area contributed by atoms with E-state index < -0.39 is 0 Å². The zero-order valence-corrected chi connectivity index (χ0v) is 17.1. The molecular weight excluding hydrogens is 360 g/mol. The summed E-state index contributed by atoms with van der Waals surface area (Å²) in [6, 6.07) is 6.94. The number of ether oxygens (including phenoxy) is 3. The van der Waals surface area contributed by atoms with Crippen molar-refractivity contribution in [2.75, 3.05) is 39.7 Å². The first-order valence-corrected chi connectivity index (χ1v) is 9.27. The van der Waals surface area contributed by atoms with Gasteiger partial charge in [-0.2, -0.15) is 0 Å². The molecule has 0 radical (unpaired) electrons. The van der Waals surface area contributed by atoms with E-state index in [2.05, 4.69) is 15.5 Å². The maximum atomic E-state index is 12.6. The molecule has 152 valence electrons. The number of carbonyl (C=O) groups is 1. The van der Waals surface area contributed by atoms with Crippen LogP contribution in [0.25, 0.3) is 0 Å². The van der Waals surface area contributed by atoms with Crippen molar-refractivity contribution in [3.8, 4) is 17.2 Å². The first-order chi connectivity index (χ1) is 13.6. The maximum Gasteiger partial charge on any atom is 0.274 e. The average molecular weight is 388 g/mol. The van der Waals surface area contributed by atoms with E-state index in [9.17, 15) is 4.79 Å². The van der Waals surface area contributed by atoms with Gasteiger partial charge in [-0.25, -0.2) is 0 Å². The van der Waals surface area contributed by atoms with Gasteiger partial charge >= 0.3 is 0 Å². The molecule has 1 amide bonds. The number of benzene rings is 1. The first kappa shape index (κ1) is 21.3. The highest BCUT2D eigenvalue weighted by Gasteiger charge is 2.17. The fraction of sp³-hybridized carbons (Fsp3) is 0.450. The van der Waals surface area contributed by atoms with Gasteiger partial charge in [-0.05, 0) is 25.0 Å². The largest absolute Gasteiger partial charge is 0.493 e. The number of aromatic nitrogens is 2. The lowest BCUT2D eigenvalue weighted by Crippen LogP contribution is -2.33. The van der Waals surface area contributed by atoms with E-state index in [0.717, 1.165) is 12.8 Å². The molecule has 0 aliphatic heterocycles. The second-order valence-corrected chi connectivity index (χ2v) is 6.14. The molecule has 0 aliphatic rings. The summed E-state index contributed by atoms with van der Waals surface area (Å²) < 4.78 is 16.0. The van der Waals surface area contributed by atoms with Gasteiger partial charge in [-0.1, -0.05) is 13.8 Å². The molecule has 0 saturated carbocycles. The number of rotatable bonds is 10. The Kier molecular flexibility index (Phi) is 7.86. The summed E-state index contributed by atoms with van der Waals surface area (Å²) >= 11 is 0. The number of nitrogens with zero attached hydrogens (tertiary/aromatic N) is 3. The summed E-state index contributed by atoms with van der Waals surface area (Å²) in [4.78, 5) is 14.4. The maximum absolute atomic E-state index is 12.6. The summed E-state index contributed by atoms with van der Waals surface area (Å²) in [6.07, 6.45) is 1.81. The number of nitrogens with one attached hydrogen (secondary N) is 1. The van der Waals surface area contributed by atoms with Crippen LogP contribution in [0.4, 0.5) is 11.5 Å². The number of hydrogen-bond donors (Lipinski definition) is 1. The molecule has 1 N–H and O–H groups in total. The van der Waals surface area contributed by atoms with Crippen molar-refractivity contribution < 1.29 is 19.0 Å². The molecule has 1 heterocycles. The van der Waals surface area contributed by atoms with Gasteiger partial charge in [0, 0.05) is 30.9 Å². The molecule has 0 fully saturated rings. The predicted molar refractivity (Wildman–Crippen MR) is 108 cm³/mol. The molecule has 2 rings (SSSR count). The minimum absolute atomic E-state index is 0.101. The van der Waals surface area contributed by atoms with Crippen LogP contribution in [0.1, 0.15) is 37.2 Å². The van der Waals surface area contributed by atoms with Gasteiger partial charge in [0.15, 0.2) is 23.0 Å². The fourth-order valence-electron chi connectivity index (χ4n) is 2.83. The molecule has 0 bridgehead atoms. The van der Waals surface area contributed by atoms with Crippen molar-refractivity contribution in [3.05, 3.63) is 30.0 Å². The summed E-state index contributed by atoms with van der Waals surface area (Å²) in [5.41, 5.74) is 1.03. The van der Waals surface area contributed by atoms with Crippen LogP contribution in [0, 0.1) is 0 Å². The monoisotopic (exact) mass is 388 g/mol. The molecule has 28 heavy (non-hydrogen) atoms. The second kappa shape index (κ2) is 10.3. The van der Waals surface area contributed by atoms with Gasteiger partial charge in [0.2, 0.25) is 5.75 Å². The SMILES string of the molecule is CCCN(CCC)C(=O)c1ccc(Nc2cc(OC)c(OC)c(OC)c2)nn1. The highest BCUT2D eigenvalue weighted by molar-refractivity contribution is 5.92. The molecule has 0 unspecified atom stereocenters. The minimum atomic E-state index is -0.101. The minimum Gasteiger partial charge on any atom is -0.493 e. The molecule has 1 aromatic heterocycles. The summed E-state index contributed by atoms with van der Waals surface area (Å²) in [7, 11) is 4.66. The van der Waals surface area contributed by atoms with Crippen molar-refractivity contribution in [1.82, 2.24) is 15.1 Å². The van der Waals surface area contributed by atoms with Crippen molar-refractivity contribution in [2.45, 2.75) is 26.7 Å². The van der Waals surface area contributed by atoms with Crippen LogP contribution >= 0.6 is 0 Å². The van der Waals surface area contributed by atoms with Gasteiger partial charge in [0.05, 0.1) is 21.3 Å². The van der Waals surface area contributed by atoms with Gasteiger partial charge < -0.3 is 24.4 Å². The molecule has 8 heteroatoms. The Hall–Kier alpha value is -3.03. The Labute approximate surface area is 165 Å². The Morgan fingerprint density at radius 1 is 0.964 bits per heavy atom. The van der Waals surface area contributed by atoms with E-state index >= 15 is 0 Å². The normalized spacial score (nSPS) is 10.3. The van der Waals surface area contributed by atoms with Crippen molar-refractivity contribution >= 4 is 17.4 Å². The van der Waals surface area contributed by atoms with Crippen molar-refractivity contribution in [3.63, 3.8) is 0 Å². The summed E-state index contributed by atoms with van der Waals surface area (Å²) in [5.74, 6) is 1.96. The quantitative estimate of drug-likeness (QED) is 0.666. The third-order valence-electron chi connectivity index (χ3n) is 4.10. The van der Waals surface area contributed by atoms with Gasteiger partial charge in [0.25, 0.3) is 5.91 Å². The van der Waals surface area contributed by atoms with Gasteiger partial charge in [-0.3, -0.25) is 4.79 Å². The number of methoxy groups -OCH3 is 3. The molecule has 0 atom stereocenters. The Balaban J connectivity index is 2.19. The highest BCUT2D eigenvalue weighted by atomic mass is 16.5. The Morgan fingerprint density at radius 3 is 2.00 bits per heavy atom. The van der Waals surface area contributed by atoms with E-state index in [-0.39, 0.29) is 5.91 Å². The Bertz CT molecular complexity index is 749. The summed E-state index contributed by atoms with van der Waals surface area (Å²) in [5, 5.41) is 11.4. The van der Waals surface area contributed by atoms with E-state index in [4.69, 9.17) is 14.2 Å². The van der Waals surface area contributed by atoms with E-state index in [0.29, 0.717) is 47.5 Å². The average Bonchev–Trinajstić information content (AvgIpc) is 2.72. The molecule has 0 saturated heterocycles. The number of hydrogen-bond acceptors (Lipinski definition) is 7. The van der Waals surface area contributed by atoms with E-state index in [1.165, 1.54) is 0 Å². The molecular formula is C20H28N4O4. The lowest BCUT2D eigenvalue weighted by atomic mass is 10.2. The third-order valence-corrected chi connectivity index (χ3v) is 4.10. The summed E-state index contributed by atoms with van der Waals surface area (Å²) in [6.45, 7) is 5.51. The zero-order chi connectivity index (χ0) is 20.5. The molecule has 0 aliphatic carbocycles. The lowest BCUT2D eigenvalue weighted by molar-refractivity contribution is 0.0748. The number of carbonyl (C=O) groups excluding carboxylic acids is 1. The van der Waals surface area contributed by atoms with Crippen LogP contribution in [0.2, 0.25) is 0 Å². The standard InChI is InChI=1S/C20H28N4O4/c1-6-10-24(11-7-2)20(25)15-8-9-18(23-22-15)21-14-12-16(26-3)19(28-5)17(13-14)27-4/h8-9,12-13H,6-7,10-11H2,1-5H3,(H,21,23). The van der Waals surface area contributed by atoms with E-state index in [1.807, 2.05) is 13.8 Å². The van der Waals surface area contributed by atoms with Crippen molar-refractivity contribution in [1.29, 1.82) is 0 Å². The number of anilines is 2. The van der Waals surface area contributed by atoms with Crippen LogP contribution < -0.4 is 19.5 Å². The smallest absolute Gasteiger partial charge is 0.274 e. The van der Waals surface area contributed by atoms with Crippen LogP contribution in [-0.2, 0) is 0 Å².